The van der Waals surface area contributed by atoms with Crippen molar-refractivity contribution in [3.8, 4) is 0 Å². The van der Waals surface area contributed by atoms with Gasteiger partial charge in [0.15, 0.2) is 0 Å². The molecule has 100 valence electrons. The van der Waals surface area contributed by atoms with E-state index in [1.165, 1.54) is 0 Å². The maximum Gasteiger partial charge on any atom is 0.250 e. The summed E-state index contributed by atoms with van der Waals surface area (Å²) in [6.45, 7) is 5.02. The summed E-state index contributed by atoms with van der Waals surface area (Å²) in [5, 5.41) is 6.42. The summed E-state index contributed by atoms with van der Waals surface area (Å²) in [5.74, 6) is -0.412. The lowest BCUT2D eigenvalue weighted by molar-refractivity contribution is 0.100. The van der Waals surface area contributed by atoms with Crippen LogP contribution in [0.5, 0.6) is 0 Å². The predicted octanol–water partition coefficient (Wildman–Crippen LogP) is 0.742. The molecular formula is C13H21N3O2. The Morgan fingerprint density at radius 1 is 1.33 bits per heavy atom. The minimum Gasteiger partial charge on any atom is -0.383 e. The van der Waals surface area contributed by atoms with E-state index in [1.54, 1.807) is 13.2 Å². The van der Waals surface area contributed by atoms with Gasteiger partial charge in [0.25, 0.3) is 5.91 Å². The first kappa shape index (κ1) is 14.5. The van der Waals surface area contributed by atoms with E-state index in [9.17, 15) is 4.79 Å². The number of hydrogen-bond donors (Lipinski definition) is 3. The first-order chi connectivity index (χ1) is 8.65. The molecule has 0 unspecified atom stereocenters. The van der Waals surface area contributed by atoms with Crippen molar-refractivity contribution in [1.82, 2.24) is 5.32 Å². The highest BCUT2D eigenvalue weighted by Crippen LogP contribution is 2.16. The van der Waals surface area contributed by atoms with Crippen molar-refractivity contribution < 1.29 is 9.53 Å². The first-order valence-corrected chi connectivity index (χ1v) is 5.99. The highest BCUT2D eigenvalue weighted by molar-refractivity contribution is 5.98. The zero-order valence-electron chi connectivity index (χ0n) is 11.0. The number of carbonyl (C=O) groups excluding carboxylic acids is 1. The summed E-state index contributed by atoms with van der Waals surface area (Å²) in [6, 6.07) is 5.55. The molecule has 0 heterocycles. The van der Waals surface area contributed by atoms with Crippen LogP contribution in [-0.2, 0) is 4.74 Å². The molecule has 1 amide bonds. The van der Waals surface area contributed by atoms with Crippen LogP contribution in [0.3, 0.4) is 0 Å². The van der Waals surface area contributed by atoms with Crippen LogP contribution in [0.4, 0.5) is 5.69 Å². The van der Waals surface area contributed by atoms with Gasteiger partial charge in [0, 0.05) is 32.4 Å². The summed E-state index contributed by atoms with van der Waals surface area (Å²) in [7, 11) is 1.67. The maximum absolute atomic E-state index is 11.3. The summed E-state index contributed by atoms with van der Waals surface area (Å²) in [5.41, 5.74) is 7.73. The fourth-order valence-corrected chi connectivity index (χ4v) is 1.60. The van der Waals surface area contributed by atoms with Crippen LogP contribution in [0.2, 0.25) is 0 Å². The average molecular weight is 251 g/mol. The highest BCUT2D eigenvalue weighted by atomic mass is 16.5. The lowest BCUT2D eigenvalue weighted by atomic mass is 10.1. The second kappa shape index (κ2) is 7.68. The standard InChI is InChI=1S/C13H21N3O2/c1-10-3-4-11(13(14)17)12(9-10)16-6-5-15-7-8-18-2/h3-4,9,15-16H,5-8H2,1-2H3,(H2,14,17). The van der Waals surface area contributed by atoms with Crippen molar-refractivity contribution in [2.75, 3.05) is 38.7 Å². The number of ether oxygens (including phenoxy) is 1. The number of methoxy groups -OCH3 is 1. The maximum atomic E-state index is 11.3. The Morgan fingerprint density at radius 2 is 2.11 bits per heavy atom. The van der Waals surface area contributed by atoms with Crippen molar-refractivity contribution in [3.63, 3.8) is 0 Å². The Hall–Kier alpha value is -1.59. The Labute approximate surface area is 108 Å². The SMILES string of the molecule is COCCNCCNc1cc(C)ccc1C(N)=O. The first-order valence-electron chi connectivity index (χ1n) is 5.99. The van der Waals surface area contributed by atoms with Crippen LogP contribution in [0.1, 0.15) is 15.9 Å². The third-order valence-corrected chi connectivity index (χ3v) is 2.54. The molecule has 0 fully saturated rings. The normalized spacial score (nSPS) is 10.3. The zero-order valence-corrected chi connectivity index (χ0v) is 11.0. The van der Waals surface area contributed by atoms with Gasteiger partial charge in [-0.25, -0.2) is 0 Å². The number of primary amides is 1. The van der Waals surface area contributed by atoms with Gasteiger partial charge in [0.1, 0.15) is 0 Å². The fraction of sp³-hybridized carbons (Fsp3) is 0.462. The van der Waals surface area contributed by atoms with Gasteiger partial charge < -0.3 is 21.1 Å². The molecule has 1 rings (SSSR count). The quantitative estimate of drug-likeness (QED) is 0.596. The Kier molecular flexibility index (Phi) is 6.18. The van der Waals surface area contributed by atoms with Crippen LogP contribution < -0.4 is 16.4 Å². The number of hydrogen-bond acceptors (Lipinski definition) is 4. The van der Waals surface area contributed by atoms with Gasteiger partial charge in [-0.05, 0) is 24.6 Å². The second-order valence-corrected chi connectivity index (χ2v) is 4.08. The van der Waals surface area contributed by atoms with Crippen LogP contribution in [0.25, 0.3) is 0 Å². The molecule has 0 aliphatic rings. The van der Waals surface area contributed by atoms with Crippen molar-refractivity contribution in [3.05, 3.63) is 29.3 Å². The van der Waals surface area contributed by atoms with E-state index >= 15 is 0 Å². The molecule has 0 aliphatic carbocycles. The number of nitrogens with one attached hydrogen (secondary N) is 2. The monoisotopic (exact) mass is 251 g/mol. The highest BCUT2D eigenvalue weighted by Gasteiger charge is 2.07. The van der Waals surface area contributed by atoms with E-state index in [-0.39, 0.29) is 0 Å². The minimum absolute atomic E-state index is 0.412. The van der Waals surface area contributed by atoms with Crippen LogP contribution in [0, 0.1) is 6.92 Å². The number of aryl methyl sites for hydroxylation is 1. The van der Waals surface area contributed by atoms with E-state index in [2.05, 4.69) is 10.6 Å². The molecule has 5 heteroatoms. The molecule has 0 bridgehead atoms. The van der Waals surface area contributed by atoms with Gasteiger partial charge in [0.2, 0.25) is 0 Å². The van der Waals surface area contributed by atoms with Gasteiger partial charge >= 0.3 is 0 Å². The summed E-state index contributed by atoms with van der Waals surface area (Å²) >= 11 is 0. The molecule has 0 saturated carbocycles. The van der Waals surface area contributed by atoms with Crippen LogP contribution >= 0.6 is 0 Å². The van der Waals surface area contributed by atoms with E-state index < -0.39 is 5.91 Å². The molecule has 5 nitrogen and oxygen atoms in total. The lowest BCUT2D eigenvalue weighted by Gasteiger charge is -2.11. The molecule has 0 atom stereocenters. The van der Waals surface area contributed by atoms with Gasteiger partial charge in [-0.2, -0.15) is 0 Å². The number of carbonyl (C=O) groups is 1. The third kappa shape index (κ3) is 4.73. The molecule has 0 radical (unpaired) electrons. The van der Waals surface area contributed by atoms with Crippen LogP contribution in [-0.4, -0.2) is 39.3 Å². The Bertz CT molecular complexity index is 394. The molecule has 4 N–H and O–H groups in total. The largest absolute Gasteiger partial charge is 0.383 e. The predicted molar refractivity (Wildman–Crippen MR) is 72.9 cm³/mol. The van der Waals surface area contributed by atoms with E-state index in [0.717, 1.165) is 30.9 Å². The van der Waals surface area contributed by atoms with E-state index in [1.807, 2.05) is 19.1 Å². The van der Waals surface area contributed by atoms with Crippen molar-refractivity contribution in [2.24, 2.45) is 5.73 Å². The second-order valence-electron chi connectivity index (χ2n) is 4.08. The van der Waals surface area contributed by atoms with Gasteiger partial charge in [-0.3, -0.25) is 4.79 Å². The Balaban J connectivity index is 2.45. The molecule has 0 saturated heterocycles. The van der Waals surface area contributed by atoms with Gasteiger partial charge in [-0.15, -0.1) is 0 Å². The van der Waals surface area contributed by atoms with Gasteiger partial charge in [-0.1, -0.05) is 6.07 Å². The number of amides is 1. The molecule has 0 aliphatic heterocycles. The number of nitrogens with two attached hydrogens (primary N) is 1. The smallest absolute Gasteiger partial charge is 0.250 e. The third-order valence-electron chi connectivity index (χ3n) is 2.54. The van der Waals surface area contributed by atoms with Gasteiger partial charge in [0.05, 0.1) is 12.2 Å². The molecular weight excluding hydrogens is 230 g/mol. The molecule has 1 aromatic rings. The van der Waals surface area contributed by atoms with E-state index in [0.29, 0.717) is 12.2 Å². The van der Waals surface area contributed by atoms with Crippen molar-refractivity contribution >= 4 is 11.6 Å². The zero-order chi connectivity index (χ0) is 13.4. The minimum atomic E-state index is -0.412. The topological polar surface area (TPSA) is 76.4 Å². The summed E-state index contributed by atoms with van der Waals surface area (Å²) in [4.78, 5) is 11.3. The molecule has 0 aromatic heterocycles. The Morgan fingerprint density at radius 3 is 2.78 bits per heavy atom. The molecule has 0 spiro atoms. The summed E-state index contributed by atoms with van der Waals surface area (Å²) in [6.07, 6.45) is 0. The number of rotatable bonds is 8. The number of anilines is 1. The number of benzene rings is 1. The van der Waals surface area contributed by atoms with Crippen LogP contribution in [0.15, 0.2) is 18.2 Å². The van der Waals surface area contributed by atoms with E-state index in [4.69, 9.17) is 10.5 Å². The van der Waals surface area contributed by atoms with Crippen molar-refractivity contribution in [2.45, 2.75) is 6.92 Å². The van der Waals surface area contributed by atoms with Crippen molar-refractivity contribution in [1.29, 1.82) is 0 Å². The summed E-state index contributed by atoms with van der Waals surface area (Å²) < 4.78 is 4.93. The molecule has 18 heavy (non-hydrogen) atoms. The fourth-order valence-electron chi connectivity index (χ4n) is 1.60. The average Bonchev–Trinajstić information content (AvgIpc) is 2.33. The lowest BCUT2D eigenvalue weighted by Crippen LogP contribution is -2.26. The molecule has 1 aromatic carbocycles.